The molecule has 0 aliphatic carbocycles. The van der Waals surface area contributed by atoms with Gasteiger partial charge in [0.15, 0.2) is 11.5 Å². The Bertz CT molecular complexity index is 1090. The summed E-state index contributed by atoms with van der Waals surface area (Å²) in [6.45, 7) is 2.35. The highest BCUT2D eigenvalue weighted by molar-refractivity contribution is 7.88. The molecule has 1 saturated heterocycles. The summed E-state index contributed by atoms with van der Waals surface area (Å²) >= 11 is 12.3. The Morgan fingerprint density at radius 2 is 1.82 bits per heavy atom. The molecule has 1 fully saturated rings. The van der Waals surface area contributed by atoms with Crippen molar-refractivity contribution in [1.29, 1.82) is 0 Å². The van der Waals surface area contributed by atoms with Crippen LogP contribution in [0.15, 0.2) is 36.4 Å². The summed E-state index contributed by atoms with van der Waals surface area (Å²) in [4.78, 5) is 13.0. The van der Waals surface area contributed by atoms with Gasteiger partial charge >= 0.3 is 0 Å². The molecule has 1 N–H and O–H groups in total. The summed E-state index contributed by atoms with van der Waals surface area (Å²) in [5.74, 6) is 0.239. The van der Waals surface area contributed by atoms with Crippen molar-refractivity contribution >= 4 is 39.1 Å². The van der Waals surface area contributed by atoms with Crippen molar-refractivity contribution in [2.24, 2.45) is 5.92 Å². The van der Waals surface area contributed by atoms with Crippen LogP contribution in [0, 0.1) is 5.92 Å². The number of amides is 1. The molecule has 1 heterocycles. The first kappa shape index (κ1) is 25.6. The molecular formula is C23H28Cl2N2O5S. The highest BCUT2D eigenvalue weighted by Gasteiger charge is 2.33. The number of halogens is 2. The summed E-state index contributed by atoms with van der Waals surface area (Å²) in [5.41, 5.74) is 1.23. The zero-order chi connectivity index (χ0) is 24.2. The molecule has 2 aromatic rings. The predicted octanol–water partition coefficient (Wildman–Crippen LogP) is 4.43. The van der Waals surface area contributed by atoms with Crippen LogP contribution >= 0.6 is 23.2 Å². The molecule has 2 aromatic carbocycles. The molecule has 1 amide bonds. The van der Waals surface area contributed by atoms with E-state index in [0.717, 1.165) is 5.56 Å². The number of piperidine rings is 1. The Morgan fingerprint density at radius 3 is 2.45 bits per heavy atom. The third-order valence-electron chi connectivity index (χ3n) is 5.80. The van der Waals surface area contributed by atoms with E-state index < -0.39 is 15.9 Å². The molecule has 10 heteroatoms. The number of benzene rings is 2. The second-order valence-corrected chi connectivity index (χ2v) is 10.8. The molecule has 3 rings (SSSR count). The van der Waals surface area contributed by atoms with Crippen LogP contribution in [0.1, 0.15) is 36.9 Å². The maximum Gasteiger partial charge on any atom is 0.224 e. The van der Waals surface area contributed by atoms with Crippen molar-refractivity contribution in [3.63, 3.8) is 0 Å². The molecule has 2 atom stereocenters. The van der Waals surface area contributed by atoms with Crippen molar-refractivity contribution in [3.8, 4) is 11.5 Å². The van der Waals surface area contributed by atoms with E-state index in [2.05, 4.69) is 5.32 Å². The van der Waals surface area contributed by atoms with Crippen LogP contribution in [0.5, 0.6) is 11.5 Å². The highest BCUT2D eigenvalue weighted by atomic mass is 35.5. The van der Waals surface area contributed by atoms with Gasteiger partial charge in [0.2, 0.25) is 15.9 Å². The van der Waals surface area contributed by atoms with Crippen molar-refractivity contribution in [2.45, 2.75) is 31.6 Å². The summed E-state index contributed by atoms with van der Waals surface area (Å²) in [7, 11) is -0.577. The largest absolute Gasteiger partial charge is 0.493 e. The SMILES string of the molecule is COc1ccc(C(C)NC(=O)C2CCCN(S(=O)(=O)Cc3c(Cl)cccc3Cl)C2)cc1OC. The van der Waals surface area contributed by atoms with Crippen LogP contribution < -0.4 is 14.8 Å². The van der Waals surface area contributed by atoms with Gasteiger partial charge in [-0.3, -0.25) is 4.79 Å². The van der Waals surface area contributed by atoms with Gasteiger partial charge in [0.05, 0.1) is 31.9 Å². The molecule has 0 bridgehead atoms. The third kappa shape index (κ3) is 6.12. The first-order chi connectivity index (χ1) is 15.7. The van der Waals surface area contributed by atoms with Gasteiger partial charge < -0.3 is 14.8 Å². The number of sulfonamides is 1. The lowest BCUT2D eigenvalue weighted by atomic mass is 9.98. The molecule has 1 aliphatic heterocycles. The Balaban J connectivity index is 1.67. The lowest BCUT2D eigenvalue weighted by Crippen LogP contribution is -2.46. The number of methoxy groups -OCH3 is 2. The van der Waals surface area contributed by atoms with Gasteiger partial charge in [-0.15, -0.1) is 0 Å². The van der Waals surface area contributed by atoms with Crippen LogP contribution in [0.3, 0.4) is 0 Å². The van der Waals surface area contributed by atoms with Gasteiger partial charge in [0.1, 0.15) is 0 Å². The van der Waals surface area contributed by atoms with Gasteiger partial charge in [-0.1, -0.05) is 35.3 Å². The lowest BCUT2D eigenvalue weighted by Gasteiger charge is -2.32. The number of nitrogens with one attached hydrogen (secondary N) is 1. The predicted molar refractivity (Wildman–Crippen MR) is 129 cm³/mol. The van der Waals surface area contributed by atoms with Gasteiger partial charge in [-0.25, -0.2) is 12.7 Å². The normalized spacial score (nSPS) is 17.9. The summed E-state index contributed by atoms with van der Waals surface area (Å²) in [6.07, 6.45) is 1.21. The number of carbonyl (C=O) groups is 1. The van der Waals surface area contributed by atoms with E-state index in [4.69, 9.17) is 32.7 Å². The number of hydrogen-bond donors (Lipinski definition) is 1. The van der Waals surface area contributed by atoms with Gasteiger partial charge in [0, 0.05) is 28.7 Å². The fraction of sp³-hybridized carbons (Fsp3) is 0.435. The summed E-state index contributed by atoms with van der Waals surface area (Å²) < 4.78 is 38.1. The van der Waals surface area contributed by atoms with E-state index in [1.165, 1.54) is 4.31 Å². The molecule has 0 saturated carbocycles. The molecule has 0 aromatic heterocycles. The fourth-order valence-corrected chi connectivity index (χ4v) is 6.25. The maximum atomic E-state index is 13.1. The average molecular weight is 515 g/mol. The number of nitrogens with zero attached hydrogens (tertiary/aromatic N) is 1. The van der Waals surface area contributed by atoms with Crippen molar-refractivity contribution in [3.05, 3.63) is 57.6 Å². The molecule has 2 unspecified atom stereocenters. The minimum atomic E-state index is -3.69. The number of carbonyl (C=O) groups excluding carboxylic acids is 1. The van der Waals surface area contributed by atoms with Gasteiger partial charge in [-0.05, 0) is 49.6 Å². The minimum Gasteiger partial charge on any atom is -0.493 e. The standard InChI is InChI=1S/C23H28Cl2N2O5S/c1-15(16-9-10-21(31-2)22(12-16)32-3)26-23(28)17-6-5-11-27(13-17)33(29,30)14-18-19(24)7-4-8-20(18)25/h4,7-10,12,15,17H,5-6,11,13-14H2,1-3H3,(H,26,28). The van der Waals surface area contributed by atoms with Crippen LogP contribution in [-0.4, -0.2) is 45.9 Å². The quantitative estimate of drug-likeness (QED) is 0.563. The molecular weight excluding hydrogens is 487 g/mol. The lowest BCUT2D eigenvalue weighted by molar-refractivity contribution is -0.126. The van der Waals surface area contributed by atoms with Crippen molar-refractivity contribution in [1.82, 2.24) is 9.62 Å². The van der Waals surface area contributed by atoms with E-state index in [9.17, 15) is 13.2 Å². The second-order valence-electron chi connectivity index (χ2n) is 8.00. The Labute approximate surface area is 205 Å². The number of hydrogen-bond acceptors (Lipinski definition) is 5. The topological polar surface area (TPSA) is 84.9 Å². The smallest absolute Gasteiger partial charge is 0.224 e. The molecule has 33 heavy (non-hydrogen) atoms. The van der Waals surface area contributed by atoms with E-state index in [1.54, 1.807) is 38.5 Å². The Morgan fingerprint density at radius 1 is 1.15 bits per heavy atom. The number of ether oxygens (including phenoxy) is 2. The zero-order valence-corrected chi connectivity index (χ0v) is 21.1. The summed E-state index contributed by atoms with van der Waals surface area (Å²) in [5, 5.41) is 3.61. The maximum absolute atomic E-state index is 13.1. The van der Waals surface area contributed by atoms with E-state index in [1.807, 2.05) is 19.1 Å². The molecule has 180 valence electrons. The van der Waals surface area contributed by atoms with Gasteiger partial charge in [0.25, 0.3) is 0 Å². The monoisotopic (exact) mass is 514 g/mol. The average Bonchev–Trinajstić information content (AvgIpc) is 2.81. The Kier molecular flexibility index (Phi) is 8.50. The second kappa shape index (κ2) is 11.0. The fourth-order valence-electron chi connectivity index (χ4n) is 3.89. The van der Waals surface area contributed by atoms with E-state index in [-0.39, 0.29) is 24.2 Å². The first-order valence-corrected chi connectivity index (χ1v) is 13.0. The van der Waals surface area contributed by atoms with Gasteiger partial charge in [-0.2, -0.15) is 0 Å². The summed E-state index contributed by atoms with van der Waals surface area (Å²) in [6, 6.07) is 10.1. The van der Waals surface area contributed by atoms with Crippen LogP contribution in [0.2, 0.25) is 10.0 Å². The van der Waals surface area contributed by atoms with E-state index >= 15 is 0 Å². The molecule has 0 radical (unpaired) electrons. The number of rotatable bonds is 8. The van der Waals surface area contributed by atoms with Crippen LogP contribution in [0.4, 0.5) is 0 Å². The van der Waals surface area contributed by atoms with Crippen molar-refractivity contribution in [2.75, 3.05) is 27.3 Å². The first-order valence-electron chi connectivity index (χ1n) is 10.6. The molecule has 1 aliphatic rings. The third-order valence-corrected chi connectivity index (χ3v) is 8.28. The zero-order valence-electron chi connectivity index (χ0n) is 18.8. The molecule has 7 nitrogen and oxygen atoms in total. The van der Waals surface area contributed by atoms with Crippen LogP contribution in [-0.2, 0) is 20.6 Å². The van der Waals surface area contributed by atoms with E-state index in [0.29, 0.717) is 46.5 Å². The minimum absolute atomic E-state index is 0.120. The van der Waals surface area contributed by atoms with Crippen LogP contribution in [0.25, 0.3) is 0 Å². The highest BCUT2D eigenvalue weighted by Crippen LogP contribution is 2.31. The van der Waals surface area contributed by atoms with Crippen molar-refractivity contribution < 1.29 is 22.7 Å². The molecule has 0 spiro atoms. The Hall–Kier alpha value is -2.00.